The molecule has 0 saturated carbocycles. The number of halogens is 1. The number of rotatable bonds is 10. The molecule has 214 valence electrons. The zero-order valence-corrected chi connectivity index (χ0v) is 24.4. The van der Waals surface area contributed by atoms with E-state index in [1.165, 1.54) is 31.5 Å². The van der Waals surface area contributed by atoms with E-state index >= 15 is 0 Å². The van der Waals surface area contributed by atoms with Crippen LogP contribution < -0.4 is 0 Å². The Balaban J connectivity index is 1.32. The number of aryl methyl sites for hydroxylation is 3. The molecule has 1 aromatic carbocycles. The monoisotopic (exact) mass is 560 g/mol. The largest absolute Gasteiger partial charge is 0.357 e. The summed E-state index contributed by atoms with van der Waals surface area (Å²) in [4.78, 5) is 15.1. The number of likely N-dealkylation sites (tertiary alicyclic amines) is 1. The summed E-state index contributed by atoms with van der Waals surface area (Å²) in [6.07, 6.45) is 14.6. The third kappa shape index (κ3) is 5.83. The molecular formula is C35H37FN6. The van der Waals surface area contributed by atoms with Crippen molar-refractivity contribution in [1.29, 1.82) is 0 Å². The van der Waals surface area contributed by atoms with Crippen LogP contribution in [-0.4, -0.2) is 49.7 Å². The zero-order chi connectivity index (χ0) is 29.1. The lowest BCUT2D eigenvalue weighted by molar-refractivity contribution is 0.334. The van der Waals surface area contributed by atoms with Crippen LogP contribution in [0.4, 0.5) is 4.39 Å². The Morgan fingerprint density at radius 3 is 2.71 bits per heavy atom. The molecule has 6 rings (SSSR count). The maximum Gasteiger partial charge on any atom is 0.124 e. The minimum absolute atomic E-state index is 0.216. The van der Waals surface area contributed by atoms with Crippen LogP contribution in [-0.2, 0) is 12.8 Å². The smallest absolute Gasteiger partial charge is 0.124 e. The minimum Gasteiger partial charge on any atom is -0.357 e. The molecule has 7 heteroatoms. The number of benzene rings is 1. The van der Waals surface area contributed by atoms with Gasteiger partial charge < -0.3 is 9.88 Å². The molecule has 1 aliphatic rings. The van der Waals surface area contributed by atoms with Crippen LogP contribution in [0, 0.1) is 12.7 Å². The van der Waals surface area contributed by atoms with Gasteiger partial charge in [0.25, 0.3) is 0 Å². The number of allylic oxidation sites excluding steroid dienone is 2. The number of fused-ring (bicyclic) bond motifs is 1. The molecule has 2 N–H and O–H groups in total. The second-order valence-corrected chi connectivity index (χ2v) is 11.2. The number of nitrogens with zero attached hydrogens (tertiary/aromatic N) is 4. The van der Waals surface area contributed by atoms with E-state index in [0.717, 1.165) is 87.3 Å². The maximum absolute atomic E-state index is 14.9. The van der Waals surface area contributed by atoms with Gasteiger partial charge in [-0.05, 0) is 111 Å². The summed E-state index contributed by atoms with van der Waals surface area (Å²) < 4.78 is 14.9. The Morgan fingerprint density at radius 2 is 1.90 bits per heavy atom. The molecule has 42 heavy (non-hydrogen) atoms. The number of aromatic amines is 2. The zero-order valence-electron chi connectivity index (χ0n) is 24.4. The summed E-state index contributed by atoms with van der Waals surface area (Å²) in [6, 6.07) is 11.7. The number of hydrogen-bond acceptors (Lipinski definition) is 4. The molecule has 1 fully saturated rings. The molecule has 0 spiro atoms. The summed E-state index contributed by atoms with van der Waals surface area (Å²) >= 11 is 0. The summed E-state index contributed by atoms with van der Waals surface area (Å²) in [5.74, 6) is -0.216. The summed E-state index contributed by atoms with van der Waals surface area (Å²) in [5, 5.41) is 8.74. The first-order chi connectivity index (χ1) is 20.5. The van der Waals surface area contributed by atoms with Crippen LogP contribution >= 0.6 is 0 Å². The van der Waals surface area contributed by atoms with Crippen molar-refractivity contribution >= 4 is 16.5 Å². The Kier molecular flexibility index (Phi) is 8.11. The Morgan fingerprint density at radius 1 is 1.05 bits per heavy atom. The first kappa shape index (κ1) is 27.8. The number of hydrogen-bond donors (Lipinski definition) is 2. The van der Waals surface area contributed by atoms with Gasteiger partial charge in [0, 0.05) is 34.6 Å². The van der Waals surface area contributed by atoms with Gasteiger partial charge in [0.15, 0.2) is 0 Å². The molecule has 0 aliphatic carbocycles. The molecule has 0 radical (unpaired) electrons. The van der Waals surface area contributed by atoms with Crippen molar-refractivity contribution in [2.45, 2.75) is 46.0 Å². The topological polar surface area (TPSA) is 73.5 Å². The normalized spacial score (nSPS) is 14.2. The van der Waals surface area contributed by atoms with Crippen LogP contribution in [0.5, 0.6) is 0 Å². The first-order valence-corrected chi connectivity index (χ1v) is 14.9. The van der Waals surface area contributed by atoms with Crippen molar-refractivity contribution in [3.05, 3.63) is 107 Å². The molecule has 4 aromatic heterocycles. The molecule has 5 heterocycles. The quantitative estimate of drug-likeness (QED) is 0.172. The SMILES string of the molecule is C=C/C=C(/c1cc(F)cc(CCCN2CCCC2)c1)c1cc(-c2n[nH]c3cnc(-c4cncc(CC)c4)cc23)[nH]c1C. The van der Waals surface area contributed by atoms with Gasteiger partial charge in [-0.3, -0.25) is 15.1 Å². The fourth-order valence-corrected chi connectivity index (χ4v) is 5.99. The third-order valence-corrected chi connectivity index (χ3v) is 8.20. The second-order valence-electron chi connectivity index (χ2n) is 11.2. The average molecular weight is 561 g/mol. The van der Waals surface area contributed by atoms with Crippen molar-refractivity contribution in [2.24, 2.45) is 0 Å². The van der Waals surface area contributed by atoms with Crippen molar-refractivity contribution in [3.63, 3.8) is 0 Å². The van der Waals surface area contributed by atoms with E-state index in [4.69, 9.17) is 0 Å². The van der Waals surface area contributed by atoms with E-state index in [1.54, 1.807) is 18.2 Å². The minimum atomic E-state index is -0.216. The first-order valence-electron chi connectivity index (χ1n) is 14.9. The lowest BCUT2D eigenvalue weighted by atomic mass is 9.94. The summed E-state index contributed by atoms with van der Waals surface area (Å²) in [5.41, 5.74) is 10.3. The molecule has 5 aromatic rings. The van der Waals surface area contributed by atoms with Gasteiger partial charge in [0.1, 0.15) is 11.5 Å². The van der Waals surface area contributed by atoms with Crippen LogP contribution in [0.25, 0.3) is 39.1 Å². The highest BCUT2D eigenvalue weighted by molar-refractivity contribution is 5.95. The third-order valence-electron chi connectivity index (χ3n) is 8.20. The van der Waals surface area contributed by atoms with Gasteiger partial charge >= 0.3 is 0 Å². The summed E-state index contributed by atoms with van der Waals surface area (Å²) in [7, 11) is 0. The van der Waals surface area contributed by atoms with E-state index in [9.17, 15) is 4.39 Å². The van der Waals surface area contributed by atoms with E-state index in [1.807, 2.05) is 31.6 Å². The molecule has 1 saturated heterocycles. The molecule has 0 bridgehead atoms. The van der Waals surface area contributed by atoms with E-state index in [0.29, 0.717) is 0 Å². The fourth-order valence-electron chi connectivity index (χ4n) is 5.99. The van der Waals surface area contributed by atoms with Crippen LogP contribution in [0.2, 0.25) is 0 Å². The standard InChI is InChI=1S/C35H37FN6/c1-4-9-29(26-15-25(16-28(36)17-26)10-8-13-42-11-6-7-12-42)30-18-33(39-23(30)3)35-31-19-32(38-22-34(31)40-41-35)27-14-24(5-2)20-37-21-27/h4,9,14-22,39H,1,5-8,10-13H2,2-3H3,(H,40,41)/b29-9-. The molecule has 0 amide bonds. The molecule has 0 unspecified atom stereocenters. The molecule has 1 aliphatic heterocycles. The van der Waals surface area contributed by atoms with E-state index < -0.39 is 0 Å². The van der Waals surface area contributed by atoms with Crippen LogP contribution in [0.1, 0.15) is 54.1 Å². The Labute approximate surface area is 246 Å². The lowest BCUT2D eigenvalue weighted by Gasteiger charge is -2.15. The van der Waals surface area contributed by atoms with Crippen molar-refractivity contribution in [3.8, 4) is 22.6 Å². The van der Waals surface area contributed by atoms with Crippen LogP contribution in [0.15, 0.2) is 73.7 Å². The van der Waals surface area contributed by atoms with Crippen molar-refractivity contribution in [2.75, 3.05) is 19.6 Å². The maximum atomic E-state index is 14.9. The van der Waals surface area contributed by atoms with Gasteiger partial charge in [-0.1, -0.05) is 31.7 Å². The fraction of sp³-hybridized carbons (Fsp3) is 0.286. The summed E-state index contributed by atoms with van der Waals surface area (Å²) in [6.45, 7) is 11.5. The highest BCUT2D eigenvalue weighted by atomic mass is 19.1. The highest BCUT2D eigenvalue weighted by Gasteiger charge is 2.18. The number of aromatic nitrogens is 5. The Bertz CT molecular complexity index is 1750. The predicted octanol–water partition coefficient (Wildman–Crippen LogP) is 7.67. The van der Waals surface area contributed by atoms with Gasteiger partial charge in [-0.2, -0.15) is 5.10 Å². The molecular weight excluding hydrogens is 523 g/mol. The molecule has 0 atom stereocenters. The number of pyridine rings is 2. The number of H-pyrrole nitrogens is 2. The second kappa shape index (κ2) is 12.2. The predicted molar refractivity (Wildman–Crippen MR) is 169 cm³/mol. The lowest BCUT2D eigenvalue weighted by Crippen LogP contribution is -2.20. The van der Waals surface area contributed by atoms with Gasteiger partial charge in [-0.25, -0.2) is 4.39 Å². The van der Waals surface area contributed by atoms with E-state index in [2.05, 4.69) is 67.8 Å². The van der Waals surface area contributed by atoms with Crippen molar-refractivity contribution < 1.29 is 4.39 Å². The Hall–Kier alpha value is -4.36. The molecule has 6 nitrogen and oxygen atoms in total. The number of nitrogens with one attached hydrogen (secondary N) is 2. The average Bonchev–Trinajstić information content (AvgIpc) is 3.75. The van der Waals surface area contributed by atoms with Gasteiger partial charge in [-0.15, -0.1) is 0 Å². The highest BCUT2D eigenvalue weighted by Crippen LogP contribution is 2.34. The van der Waals surface area contributed by atoms with Gasteiger partial charge in [0.2, 0.25) is 0 Å². The van der Waals surface area contributed by atoms with E-state index in [-0.39, 0.29) is 5.82 Å². The van der Waals surface area contributed by atoms with Crippen LogP contribution in [0.3, 0.4) is 0 Å². The van der Waals surface area contributed by atoms with Gasteiger partial charge in [0.05, 0.1) is 23.1 Å². The van der Waals surface area contributed by atoms with Crippen molar-refractivity contribution in [1.82, 2.24) is 30.0 Å².